The molecular weight excluding hydrogens is 1110 g/mol. The Balaban J connectivity index is 3.24. The molecule has 0 aromatic rings. The van der Waals surface area contributed by atoms with Crippen LogP contribution in [-0.4, -0.2) is 104 Å². The van der Waals surface area contributed by atoms with E-state index in [1.807, 2.05) is 0 Å². The lowest BCUT2D eigenvalue weighted by atomic mass is 9.89. The van der Waals surface area contributed by atoms with Crippen LogP contribution in [-0.2, 0) is 50.7 Å². The summed E-state index contributed by atoms with van der Waals surface area (Å²) >= 11 is 0. The number of nitrogens with one attached hydrogen (secondary N) is 1. The van der Waals surface area contributed by atoms with E-state index in [4.69, 9.17) is 36.5 Å². The molecule has 1 unspecified atom stereocenters. The van der Waals surface area contributed by atoms with Gasteiger partial charge in [0.1, 0.15) is 12.2 Å². The van der Waals surface area contributed by atoms with Gasteiger partial charge >= 0.3 is 25.9 Å². The van der Waals surface area contributed by atoms with Gasteiger partial charge in [-0.05, 0) is 120 Å². The lowest BCUT2D eigenvalue weighted by molar-refractivity contribution is -0.161. The number of phosphoric acid groups is 1. The molecule has 82 heavy (non-hydrogen) atoms. The molecule has 1 aliphatic carbocycles. The minimum atomic E-state index is -4.66. The number of unbranched alkanes of at least 4 members (excludes halogenated alkanes) is 15. The zero-order valence-electron chi connectivity index (χ0n) is 56.2. The lowest BCUT2D eigenvalue weighted by Gasteiger charge is -2.40. The molecule has 1 amide bonds. The van der Waals surface area contributed by atoms with Crippen LogP contribution < -0.4 is 5.32 Å². The summed E-state index contributed by atoms with van der Waals surface area (Å²) in [5.74, 6) is -0.720. The van der Waals surface area contributed by atoms with Gasteiger partial charge in [-0.15, -0.1) is 0 Å². The standard InChI is InChI=1S/C64H126NO13PSi3/c1-21-23-25-26-27-28-29-30-31-32-33-34-39-43-58(66)71-50-53(51-73-79(69,70)72-48-47-65-60(68)75-61(3,4)5)74-59(67)44-40-36-35-38-42-54-55(46-45-52(41-37-24-22-2)76-80(15,16)62(6,7)8)57(78-82(19,20)64(12,13)14)49-56(54)77-81(17,18)63(9,10)11/h35,38,45-46,52-57H,21-34,36-37,39-44,47-51H2,1-20H3,(H,65,68)(H,69,70)/b38-35-,46-45+/t52-,53+,54-,55+,56-,57+/m0/s1. The van der Waals surface area contributed by atoms with Crippen LogP contribution in [0.1, 0.15) is 245 Å². The molecule has 14 nitrogen and oxygen atoms in total. The van der Waals surface area contributed by atoms with Crippen LogP contribution in [0.2, 0.25) is 54.4 Å². The monoisotopic (exact) mass is 1230 g/mol. The zero-order valence-corrected chi connectivity index (χ0v) is 60.1. The first-order chi connectivity index (χ1) is 37.9. The van der Waals surface area contributed by atoms with Crippen LogP contribution in [0.5, 0.6) is 0 Å². The van der Waals surface area contributed by atoms with Crippen molar-refractivity contribution in [2.24, 2.45) is 11.8 Å². The Morgan fingerprint density at radius 2 is 1.12 bits per heavy atom. The van der Waals surface area contributed by atoms with E-state index < -0.39 is 69.1 Å². The van der Waals surface area contributed by atoms with E-state index in [0.717, 1.165) is 51.4 Å². The van der Waals surface area contributed by atoms with E-state index in [1.54, 1.807) is 20.8 Å². The van der Waals surface area contributed by atoms with Gasteiger partial charge in [0.15, 0.2) is 31.1 Å². The van der Waals surface area contributed by atoms with E-state index in [-0.39, 0.29) is 77.9 Å². The molecule has 482 valence electrons. The number of allylic oxidation sites excluding steroid dienone is 2. The number of phosphoric ester groups is 1. The van der Waals surface area contributed by atoms with Crippen molar-refractivity contribution in [2.45, 2.75) is 329 Å². The number of alkyl carbamates (subject to hydrolysis) is 1. The Morgan fingerprint density at radius 1 is 0.622 bits per heavy atom. The van der Waals surface area contributed by atoms with Gasteiger partial charge in [-0.2, -0.15) is 0 Å². The van der Waals surface area contributed by atoms with Crippen molar-refractivity contribution < 1.29 is 60.4 Å². The van der Waals surface area contributed by atoms with E-state index in [1.165, 1.54) is 64.2 Å². The summed E-state index contributed by atoms with van der Waals surface area (Å²) in [6, 6.07) is 0. The van der Waals surface area contributed by atoms with Crippen LogP contribution in [0.3, 0.4) is 0 Å². The number of hydrogen-bond acceptors (Lipinski definition) is 12. The highest BCUT2D eigenvalue weighted by atomic mass is 31.2. The largest absolute Gasteiger partial charge is 0.472 e. The van der Waals surface area contributed by atoms with Gasteiger partial charge in [-0.25, -0.2) is 9.36 Å². The molecule has 1 rings (SSSR count). The molecule has 7 atom stereocenters. The van der Waals surface area contributed by atoms with Gasteiger partial charge in [-0.1, -0.05) is 197 Å². The van der Waals surface area contributed by atoms with Crippen molar-refractivity contribution >= 4 is 50.8 Å². The first-order valence-corrected chi connectivity index (χ1v) is 42.4. The quantitative estimate of drug-likeness (QED) is 0.0148. The maximum Gasteiger partial charge on any atom is 0.472 e. The van der Waals surface area contributed by atoms with E-state index in [2.05, 4.69) is 145 Å². The predicted octanol–water partition coefficient (Wildman–Crippen LogP) is 18.6. The van der Waals surface area contributed by atoms with Crippen LogP contribution >= 0.6 is 7.82 Å². The van der Waals surface area contributed by atoms with Gasteiger partial charge in [0.05, 0.1) is 31.5 Å². The molecule has 0 bridgehead atoms. The number of carbonyl (C=O) groups is 3. The average molecular weight is 1230 g/mol. The van der Waals surface area contributed by atoms with Gasteiger partial charge in [0.2, 0.25) is 0 Å². The summed E-state index contributed by atoms with van der Waals surface area (Å²) in [7, 11) is -11.1. The maximum atomic E-state index is 13.4. The summed E-state index contributed by atoms with van der Waals surface area (Å²) in [4.78, 5) is 48.8. The van der Waals surface area contributed by atoms with Crippen molar-refractivity contribution in [3.05, 3.63) is 24.3 Å². The number of rotatable bonds is 42. The average Bonchev–Trinajstić information content (AvgIpc) is 3.73. The summed E-state index contributed by atoms with van der Waals surface area (Å²) in [5.41, 5.74) is -0.717. The summed E-state index contributed by atoms with van der Waals surface area (Å²) < 4.78 is 61.7. The number of esters is 2. The fourth-order valence-electron chi connectivity index (χ4n) is 9.11. The fourth-order valence-corrected chi connectivity index (χ4v) is 13.9. The van der Waals surface area contributed by atoms with Crippen LogP contribution in [0.15, 0.2) is 24.3 Å². The molecule has 1 aliphatic rings. The zero-order chi connectivity index (χ0) is 62.5. The van der Waals surface area contributed by atoms with Gasteiger partial charge in [0.25, 0.3) is 0 Å². The van der Waals surface area contributed by atoms with E-state index in [0.29, 0.717) is 19.3 Å². The van der Waals surface area contributed by atoms with Crippen LogP contribution in [0, 0.1) is 11.8 Å². The summed E-state index contributed by atoms with van der Waals surface area (Å²) in [5, 5.41) is 2.61. The molecular formula is C64H126NO13PSi3. The van der Waals surface area contributed by atoms with Gasteiger partial charge in [0, 0.05) is 25.3 Å². The smallest absolute Gasteiger partial charge is 0.462 e. The second-order valence-electron chi connectivity index (χ2n) is 29.0. The minimum Gasteiger partial charge on any atom is -0.462 e. The molecule has 0 aliphatic heterocycles. The van der Waals surface area contributed by atoms with E-state index in [9.17, 15) is 23.8 Å². The predicted molar refractivity (Wildman–Crippen MR) is 346 cm³/mol. The van der Waals surface area contributed by atoms with Crippen molar-refractivity contribution in [2.75, 3.05) is 26.4 Å². The first-order valence-electron chi connectivity index (χ1n) is 32.2. The molecule has 1 fully saturated rings. The summed E-state index contributed by atoms with van der Waals surface area (Å²) in [6.07, 6.45) is 30.2. The molecule has 0 aromatic heterocycles. The van der Waals surface area contributed by atoms with Gasteiger partial charge < -0.3 is 37.7 Å². The lowest BCUT2D eigenvalue weighted by Crippen LogP contribution is -2.45. The maximum absolute atomic E-state index is 13.4. The third kappa shape index (κ3) is 33.5. The first kappa shape index (κ1) is 78.3. The third-order valence-corrected chi connectivity index (χ3v) is 31.7. The Morgan fingerprint density at radius 3 is 1.65 bits per heavy atom. The highest BCUT2D eigenvalue weighted by Crippen LogP contribution is 2.49. The van der Waals surface area contributed by atoms with E-state index >= 15 is 0 Å². The third-order valence-electron chi connectivity index (χ3n) is 17.3. The second-order valence-corrected chi connectivity index (χ2v) is 44.7. The fraction of sp³-hybridized carbons (Fsp3) is 0.891. The number of carbonyl (C=O) groups excluding carboxylic acids is 3. The van der Waals surface area contributed by atoms with Gasteiger partial charge in [-0.3, -0.25) is 18.6 Å². The molecule has 1 saturated carbocycles. The number of hydrogen-bond donors (Lipinski definition) is 2. The topological polar surface area (TPSA) is 174 Å². The normalized spacial score (nSPS) is 19.4. The molecule has 0 saturated heterocycles. The molecule has 18 heteroatoms. The van der Waals surface area contributed by atoms with Crippen molar-refractivity contribution in [3.8, 4) is 0 Å². The minimum absolute atomic E-state index is 0.000869. The van der Waals surface area contributed by atoms with Crippen molar-refractivity contribution in [1.29, 1.82) is 0 Å². The molecule has 0 spiro atoms. The summed E-state index contributed by atoms with van der Waals surface area (Å²) in [6.45, 7) is 43.1. The Kier molecular flexibility index (Phi) is 36.2. The molecule has 0 heterocycles. The Labute approximate surface area is 505 Å². The second kappa shape index (κ2) is 37.9. The molecule has 0 aromatic carbocycles. The molecule has 2 N–H and O–H groups in total. The molecule has 0 radical (unpaired) electrons. The SMILES string of the molecule is CCCCCCCCCCCCCCCC(=O)OC[C@H](COP(=O)(O)OCCNC(=O)OC(C)(C)C)OC(=O)CCC/C=C\C[C@H]1[C@@H](/C=C/[C@H](CCCCC)O[Si](C)(C)C(C)(C)C)[C@H](O[Si](C)(C)C(C)(C)C)C[C@@H]1O[Si](C)(C)C(C)(C)C. The van der Waals surface area contributed by atoms with Crippen molar-refractivity contribution in [3.63, 3.8) is 0 Å². The van der Waals surface area contributed by atoms with Crippen molar-refractivity contribution in [1.82, 2.24) is 5.32 Å². The number of amides is 1. The van der Waals surface area contributed by atoms with Crippen LogP contribution in [0.25, 0.3) is 0 Å². The highest BCUT2D eigenvalue weighted by Gasteiger charge is 2.51. The Hall–Kier alpha value is -1.67. The van der Waals surface area contributed by atoms with Crippen LogP contribution in [0.4, 0.5) is 4.79 Å². The Bertz CT molecular complexity index is 1900. The number of ether oxygens (including phenoxy) is 3. The highest BCUT2D eigenvalue weighted by molar-refractivity contribution is 7.47.